The third-order valence-corrected chi connectivity index (χ3v) is 17.7. The highest BCUT2D eigenvalue weighted by Gasteiger charge is 2.48. The lowest BCUT2D eigenvalue weighted by molar-refractivity contribution is -0.194. The second kappa shape index (κ2) is 54.9. The van der Waals surface area contributed by atoms with E-state index in [1.807, 2.05) is 19.4 Å². The number of thioether (sulfide) groups is 3. The van der Waals surface area contributed by atoms with Crippen LogP contribution in [-0.2, 0) is 90.4 Å². The van der Waals surface area contributed by atoms with Gasteiger partial charge in [0.1, 0.15) is 10.5 Å². The number of unbranched alkanes of at least 4 members (excludes halogenated alkanes) is 12. The Morgan fingerprint density at radius 1 is 0.462 bits per heavy atom. The molecule has 0 aliphatic carbocycles. The number of carbonyl (C=O) groups is 7. The van der Waals surface area contributed by atoms with Crippen LogP contribution in [-0.4, -0.2) is 166 Å². The minimum absolute atomic E-state index is 0.0640. The molecule has 1 N–H and O–H groups in total. The number of ketones is 1. The fraction of sp³-hybridized carbons (Fsp3) is 0.838. The number of esters is 5. The highest BCUT2D eigenvalue weighted by Crippen LogP contribution is 2.43. The second-order valence-corrected chi connectivity index (χ2v) is 27.7. The van der Waals surface area contributed by atoms with Gasteiger partial charge < -0.3 is 61.9 Å². The molecule has 0 aromatic carbocycles. The molecule has 0 aliphatic heterocycles. The predicted octanol–water partition coefficient (Wildman–Crippen LogP) is 14.9. The SMILES string of the molecule is C=C(C)C(=O)OC(C)OCCCCOC(C)OC(=O)C(=C)C.CCCCCCCCCCCCSCC(C)C(=O)O.COC(C)OCCCCOC(C)OC(=O)C(C)(CSC)CC(C)(CC(C)C(C)=O)C(=O)OC(C)OCCCCOC(C)OC(=O)C(C)(C)SC. The van der Waals surface area contributed by atoms with Crippen LogP contribution < -0.4 is 0 Å². The van der Waals surface area contributed by atoms with Gasteiger partial charge in [-0.05, 0) is 166 Å². The molecule has 91 heavy (non-hydrogen) atoms. The first-order valence-electron chi connectivity index (χ1n) is 32.6. The summed E-state index contributed by atoms with van der Waals surface area (Å²) in [7, 11) is 1.58. The topological polar surface area (TPSA) is 250 Å². The lowest BCUT2D eigenvalue weighted by Crippen LogP contribution is -2.44. The van der Waals surface area contributed by atoms with E-state index >= 15 is 0 Å². The molecule has 0 aliphatic rings. The minimum atomic E-state index is -1.19. The maximum Gasteiger partial charge on any atom is 0.335 e. The van der Waals surface area contributed by atoms with Gasteiger partial charge in [-0.3, -0.25) is 24.0 Å². The molecule has 0 aromatic rings. The average Bonchev–Trinajstić information content (AvgIpc) is 0.838. The minimum Gasteiger partial charge on any atom is -0.481 e. The molecule has 0 heterocycles. The van der Waals surface area contributed by atoms with Crippen LogP contribution in [0.4, 0.5) is 0 Å². The summed E-state index contributed by atoms with van der Waals surface area (Å²) >= 11 is 4.66. The molecule has 0 saturated heterocycles. The van der Waals surface area contributed by atoms with Gasteiger partial charge in [0.25, 0.3) is 0 Å². The summed E-state index contributed by atoms with van der Waals surface area (Å²) in [5, 5.41) is 8.75. The van der Waals surface area contributed by atoms with Crippen LogP contribution in [0.25, 0.3) is 0 Å². The first-order valence-corrected chi connectivity index (χ1v) is 36.4. The predicted molar refractivity (Wildman–Crippen MR) is 365 cm³/mol. The summed E-state index contributed by atoms with van der Waals surface area (Å²) in [6.07, 6.45) is 18.0. The van der Waals surface area contributed by atoms with Gasteiger partial charge in [0, 0.05) is 42.3 Å². The Labute approximate surface area is 561 Å². The highest BCUT2D eigenvalue weighted by atomic mass is 32.2. The third kappa shape index (κ3) is 49.9. The van der Waals surface area contributed by atoms with Crippen molar-refractivity contribution >= 4 is 76.9 Å². The maximum absolute atomic E-state index is 13.8. The Hall–Kier alpha value is -3.26. The zero-order valence-electron chi connectivity index (χ0n) is 59.6. The van der Waals surface area contributed by atoms with Crippen LogP contribution in [0.5, 0.6) is 0 Å². The van der Waals surface area contributed by atoms with E-state index in [2.05, 4.69) is 20.1 Å². The quantitative estimate of drug-likeness (QED) is 0.0195. The number of carboxylic acid groups (broad SMARTS) is 1. The van der Waals surface area contributed by atoms with E-state index in [-0.39, 0.29) is 36.8 Å². The second-order valence-electron chi connectivity index (χ2n) is 24.2. The molecular weight excluding hydrogens is 1230 g/mol. The lowest BCUT2D eigenvalue weighted by Gasteiger charge is -2.38. The number of hydrogen-bond acceptors (Lipinski definition) is 22. The number of hydrogen-bond donors (Lipinski definition) is 1. The van der Waals surface area contributed by atoms with Crippen LogP contribution in [0.2, 0.25) is 0 Å². The molecule has 534 valence electrons. The van der Waals surface area contributed by atoms with Gasteiger partial charge in [-0.1, -0.05) is 91.7 Å². The number of ether oxygens (including phenoxy) is 12. The molecule has 0 saturated carbocycles. The van der Waals surface area contributed by atoms with Crippen molar-refractivity contribution in [2.45, 2.75) is 269 Å². The molecule has 0 spiro atoms. The summed E-state index contributed by atoms with van der Waals surface area (Å²) in [4.78, 5) is 84.9. The van der Waals surface area contributed by atoms with E-state index in [9.17, 15) is 33.6 Å². The van der Waals surface area contributed by atoms with Crippen molar-refractivity contribution < 1.29 is 95.5 Å². The number of carboxylic acids is 1. The fourth-order valence-corrected chi connectivity index (χ4v) is 10.4. The van der Waals surface area contributed by atoms with E-state index in [0.29, 0.717) is 75.8 Å². The molecule has 0 bridgehead atoms. The van der Waals surface area contributed by atoms with Crippen LogP contribution in [0.15, 0.2) is 24.3 Å². The van der Waals surface area contributed by atoms with Crippen LogP contribution in [0, 0.1) is 22.7 Å². The first kappa shape index (κ1) is 91.9. The molecule has 0 radical (unpaired) electrons. The van der Waals surface area contributed by atoms with Gasteiger partial charge >= 0.3 is 35.8 Å². The van der Waals surface area contributed by atoms with Crippen molar-refractivity contribution in [3.05, 3.63) is 24.3 Å². The average molecular weight is 1360 g/mol. The zero-order chi connectivity index (χ0) is 70.0. The van der Waals surface area contributed by atoms with Crippen molar-refractivity contribution in [2.24, 2.45) is 22.7 Å². The van der Waals surface area contributed by atoms with Crippen LogP contribution >= 0.6 is 35.3 Å². The number of aliphatic carboxylic acids is 1. The smallest absolute Gasteiger partial charge is 0.335 e. The van der Waals surface area contributed by atoms with E-state index in [1.54, 1.807) is 109 Å². The Morgan fingerprint density at radius 3 is 1.13 bits per heavy atom. The van der Waals surface area contributed by atoms with Gasteiger partial charge in [0.2, 0.25) is 0 Å². The standard InChI is InChI=1S/C36H66O12S2.C16H26O6.C16H32O2S/c1-25(26(2)37)22-35(9,23-36(10,24-49-12)33(40)48-30(6)45-20-15-14-18-42-27(3)41-11)32(39)47-29(5)44-21-17-16-19-43-28(4)46-31(38)34(7,8)50-13;1-11(2)15(17)21-13(5)19-9-7-8-10-20-14(6)22-16(18)12(3)4;1-3-4-5-6-7-8-9-10-11-12-13-19-14-15(2)16(17)18/h25,27-30H,14-24H2,1-13H3;13-14H,1,3,7-10H2,2,4-6H3;15H,3-14H2,1-2H3,(H,17,18). The molecule has 0 aromatic heterocycles. The van der Waals surface area contributed by atoms with E-state index in [0.717, 1.165) is 30.8 Å². The van der Waals surface area contributed by atoms with Gasteiger partial charge in [-0.25, -0.2) is 9.59 Å². The number of rotatable bonds is 54. The largest absolute Gasteiger partial charge is 0.481 e. The zero-order valence-corrected chi connectivity index (χ0v) is 62.0. The Bertz CT molecular complexity index is 1970. The molecule has 0 amide bonds. The summed E-state index contributed by atoms with van der Waals surface area (Å²) in [6.45, 7) is 37.1. The Morgan fingerprint density at radius 2 is 0.802 bits per heavy atom. The molecular formula is C68H124O20S3. The molecule has 10 unspecified atom stereocenters. The summed E-state index contributed by atoms with van der Waals surface area (Å²) in [6, 6.07) is 0. The molecule has 0 rings (SSSR count). The van der Waals surface area contributed by atoms with Gasteiger partial charge in [0.05, 0.1) is 49.8 Å². The van der Waals surface area contributed by atoms with Crippen molar-refractivity contribution in [1.29, 1.82) is 0 Å². The fourth-order valence-electron chi connectivity index (χ4n) is 8.24. The van der Waals surface area contributed by atoms with Crippen molar-refractivity contribution in [3.63, 3.8) is 0 Å². The van der Waals surface area contributed by atoms with Crippen LogP contribution in [0.3, 0.4) is 0 Å². The van der Waals surface area contributed by atoms with E-state index in [4.69, 9.17) is 61.9 Å². The summed E-state index contributed by atoms with van der Waals surface area (Å²) in [5.74, 6) is -1.44. The normalized spacial score (nSPS) is 15.3. The Kier molecular flexibility index (Phi) is 55.5. The highest BCUT2D eigenvalue weighted by molar-refractivity contribution is 8.00. The van der Waals surface area contributed by atoms with Crippen molar-refractivity contribution in [2.75, 3.05) is 76.5 Å². The monoisotopic (exact) mass is 1360 g/mol. The van der Waals surface area contributed by atoms with Crippen molar-refractivity contribution in [3.8, 4) is 0 Å². The number of methoxy groups -OCH3 is 1. The van der Waals surface area contributed by atoms with Gasteiger partial charge in [-0.15, -0.1) is 11.8 Å². The molecule has 20 nitrogen and oxygen atoms in total. The maximum atomic E-state index is 13.8. The lowest BCUT2D eigenvalue weighted by atomic mass is 9.69. The molecule has 0 fully saturated rings. The first-order chi connectivity index (χ1) is 42.7. The number of carbonyl (C=O) groups excluding carboxylic acids is 6. The Balaban J connectivity index is -0.00000154. The van der Waals surface area contributed by atoms with Crippen molar-refractivity contribution in [1.82, 2.24) is 0 Å². The van der Waals surface area contributed by atoms with Gasteiger partial charge in [0.15, 0.2) is 37.7 Å². The molecule has 10 atom stereocenters. The van der Waals surface area contributed by atoms with Crippen LogP contribution in [0.1, 0.15) is 226 Å². The molecule has 23 heteroatoms. The third-order valence-electron chi connectivity index (χ3n) is 14.2. The number of Topliss-reactive ketones (excluding diaryl/α,β-unsaturated/α-hetero) is 1. The van der Waals surface area contributed by atoms with E-state index < -0.39 is 82.8 Å². The summed E-state index contributed by atoms with van der Waals surface area (Å²) < 4.78 is 64.4. The van der Waals surface area contributed by atoms with E-state index in [1.165, 1.54) is 94.7 Å². The summed E-state index contributed by atoms with van der Waals surface area (Å²) in [5.41, 5.74) is -1.60. The van der Waals surface area contributed by atoms with Gasteiger partial charge in [-0.2, -0.15) is 23.5 Å².